The Hall–Kier alpha value is -2.48. The van der Waals surface area contributed by atoms with Crippen LogP contribution < -0.4 is 0 Å². The average Bonchev–Trinajstić information content (AvgIpc) is 3.28. The van der Waals surface area contributed by atoms with Gasteiger partial charge >= 0.3 is 17.9 Å². The first-order chi connectivity index (χ1) is 31.8. The van der Waals surface area contributed by atoms with Crippen LogP contribution in [0.4, 0.5) is 0 Å². The van der Waals surface area contributed by atoms with E-state index < -0.39 is 114 Å². The molecule has 1 unspecified atom stereocenters. The first-order valence-electron chi connectivity index (χ1n) is 25.4. The van der Waals surface area contributed by atoms with Crippen LogP contribution in [-0.2, 0) is 61.9 Å². The third-order valence-electron chi connectivity index (χ3n) is 15.6. The van der Waals surface area contributed by atoms with Gasteiger partial charge in [0.2, 0.25) is 0 Å². The predicted octanol–water partition coefficient (Wildman–Crippen LogP) is 6.75. The molecule has 0 bridgehead atoms. The van der Waals surface area contributed by atoms with Crippen LogP contribution in [0.3, 0.4) is 0 Å². The number of hydrogen-bond acceptors (Lipinski definition) is 17. The van der Waals surface area contributed by atoms with Gasteiger partial charge in [-0.25, -0.2) is 0 Å². The normalized spacial score (nSPS) is 42.2. The number of carbonyl (C=O) groups excluding carboxylic acids is 3. The van der Waals surface area contributed by atoms with Crippen LogP contribution in [0.1, 0.15) is 154 Å². The highest BCUT2D eigenvalue weighted by atomic mass is 16.7. The molecule has 17 heteroatoms. The molecule has 0 amide bonds. The molecule has 3 aliphatic heterocycles. The summed E-state index contributed by atoms with van der Waals surface area (Å²) in [6.07, 6.45) is -0.0784. The second-order valence-electron chi connectivity index (χ2n) is 21.4. The van der Waals surface area contributed by atoms with E-state index in [2.05, 4.69) is 0 Å². The molecular formula is C51H90N2O15. The molecule has 0 aromatic heterocycles. The number of rotatable bonds is 15. The molecule has 0 aromatic rings. The molecule has 2 N–H and O–H groups in total. The van der Waals surface area contributed by atoms with Crippen LogP contribution in [-0.4, -0.2) is 158 Å². The first kappa shape index (κ1) is 58.1. The number of aliphatic hydroxyl groups is 2. The Morgan fingerprint density at radius 1 is 0.838 bits per heavy atom. The molecule has 1 saturated carbocycles. The number of cyclic esters (lactones) is 1. The number of carbonyl (C=O) groups is 3. The Morgan fingerprint density at radius 3 is 2.03 bits per heavy atom. The zero-order valence-electron chi connectivity index (χ0n) is 44.3. The minimum atomic E-state index is -1.93. The van der Waals surface area contributed by atoms with Crippen molar-refractivity contribution in [3.05, 3.63) is 0 Å². The van der Waals surface area contributed by atoms with E-state index in [0.717, 1.165) is 12.8 Å². The minimum absolute atomic E-state index is 0.111. The largest absolute Gasteiger partial charge is 0.459 e. The predicted molar refractivity (Wildman–Crippen MR) is 254 cm³/mol. The van der Waals surface area contributed by atoms with E-state index in [4.69, 9.17) is 52.6 Å². The van der Waals surface area contributed by atoms with E-state index >= 15 is 0 Å². The zero-order valence-corrected chi connectivity index (χ0v) is 44.3. The fourth-order valence-electron chi connectivity index (χ4n) is 11.5. The second-order valence-corrected chi connectivity index (χ2v) is 21.4. The van der Waals surface area contributed by atoms with Crippen LogP contribution in [0.25, 0.3) is 0 Å². The molecule has 3 saturated heterocycles. The molecule has 17 nitrogen and oxygen atoms in total. The number of hydrogen-bond donors (Lipinski definition) is 2. The Labute approximate surface area is 407 Å². The molecule has 4 rings (SSSR count). The molecule has 0 radical (unpaired) electrons. The van der Waals surface area contributed by atoms with Crippen molar-refractivity contribution in [3.8, 4) is 0 Å². The van der Waals surface area contributed by atoms with E-state index in [1.54, 1.807) is 34.8 Å². The molecule has 1 aliphatic carbocycles. The van der Waals surface area contributed by atoms with Gasteiger partial charge in [-0.05, 0) is 93.7 Å². The van der Waals surface area contributed by atoms with Gasteiger partial charge in [0.25, 0.3) is 0 Å². The molecule has 3 heterocycles. The van der Waals surface area contributed by atoms with Crippen LogP contribution in [0.5, 0.6) is 0 Å². The van der Waals surface area contributed by atoms with Gasteiger partial charge in [-0.2, -0.15) is 0 Å². The fourth-order valence-corrected chi connectivity index (χ4v) is 11.5. The lowest BCUT2D eigenvalue weighted by Crippen LogP contribution is -2.62. The topological polar surface area (TPSA) is 200 Å². The smallest absolute Gasteiger partial charge is 0.311 e. The summed E-state index contributed by atoms with van der Waals surface area (Å²) in [4.78, 5) is 47.8. The van der Waals surface area contributed by atoms with Crippen molar-refractivity contribution in [1.29, 1.82) is 0 Å². The number of esters is 3. The summed E-state index contributed by atoms with van der Waals surface area (Å²) in [6.45, 7) is 21.1. The van der Waals surface area contributed by atoms with Gasteiger partial charge in [0.15, 0.2) is 24.8 Å². The monoisotopic (exact) mass is 971 g/mol. The van der Waals surface area contributed by atoms with Gasteiger partial charge < -0.3 is 62.6 Å². The highest BCUT2D eigenvalue weighted by Gasteiger charge is 2.55. The Kier molecular flexibility index (Phi) is 21.6. The Bertz CT molecular complexity index is 1640. The first-order valence-corrected chi connectivity index (χ1v) is 25.4. The Balaban J connectivity index is 1.89. The van der Waals surface area contributed by atoms with Gasteiger partial charge in [-0.1, -0.05) is 65.0 Å². The molecular weight excluding hydrogens is 881 g/mol. The van der Waals surface area contributed by atoms with Crippen LogP contribution in [0.2, 0.25) is 0 Å². The van der Waals surface area contributed by atoms with Gasteiger partial charge in [0.05, 0.1) is 53.8 Å². The number of oxime groups is 1. The maximum Gasteiger partial charge on any atom is 0.311 e. The molecule has 68 heavy (non-hydrogen) atoms. The van der Waals surface area contributed by atoms with E-state index in [0.29, 0.717) is 24.7 Å². The standard InChI is InChI=1S/C51H90N2O15/c1-17-39-51(12,58)44(56)31(4)41(52-61-25-21-24-37-22-19-18-20-23-37)29(2)27-49(10,59-15)45(68-48-43(64-35(8)54)38(53(13)14)26-30(3)62-48)32(5)42(33(6)47(57)66-39)67-40-28-50(11,60-16)46(34(7)63-40)65-36(9)55/h29-34,37-40,42-46,48,56,58H,17-28H2,1-16H3/b52-41+/t29-,30-,31+,32+,33-,34+,38+,39-,40?,42+,43-,44-,45-,46+,48+,49-,50-,51-/m1/s1. The lowest BCUT2D eigenvalue weighted by molar-refractivity contribution is -0.320. The van der Waals surface area contributed by atoms with E-state index in [1.165, 1.54) is 60.0 Å². The molecule has 18 atom stereocenters. The number of ether oxygens (including phenoxy) is 9. The van der Waals surface area contributed by atoms with Crippen molar-refractivity contribution in [2.45, 2.75) is 238 Å². The molecule has 0 aromatic carbocycles. The van der Waals surface area contributed by atoms with Crippen molar-refractivity contribution < 1.29 is 72.1 Å². The van der Waals surface area contributed by atoms with Crippen molar-refractivity contribution in [1.82, 2.24) is 4.90 Å². The number of likely N-dealkylation sites (N-methyl/N-ethyl adjacent to an activating group) is 1. The van der Waals surface area contributed by atoms with Crippen LogP contribution >= 0.6 is 0 Å². The van der Waals surface area contributed by atoms with Crippen molar-refractivity contribution in [3.63, 3.8) is 0 Å². The second kappa shape index (κ2) is 25.3. The highest BCUT2D eigenvalue weighted by Crippen LogP contribution is 2.43. The third-order valence-corrected chi connectivity index (χ3v) is 15.6. The van der Waals surface area contributed by atoms with Gasteiger partial charge in [0.1, 0.15) is 23.9 Å². The van der Waals surface area contributed by atoms with Crippen LogP contribution in [0, 0.1) is 29.6 Å². The molecule has 394 valence electrons. The lowest BCUT2D eigenvalue weighted by Gasteiger charge is -2.50. The minimum Gasteiger partial charge on any atom is -0.459 e. The summed E-state index contributed by atoms with van der Waals surface area (Å²) in [5, 5.41) is 29.2. The number of aliphatic hydroxyl groups excluding tert-OH is 1. The number of nitrogens with zero attached hydrogens (tertiary/aromatic N) is 2. The van der Waals surface area contributed by atoms with E-state index in [-0.39, 0.29) is 31.4 Å². The SMILES string of the molecule is CC[C@H]1OC(=O)[C@H](C)[C@@H](OC2C[C@@](C)(OC)[C@@H](OC(C)=O)[C@H](C)O2)[C@H](C)[C@@H](O[C@@H]2O[C@H](C)C[C@H](N(C)C)[C@H]2OC(C)=O)[C@](C)(OC)C[C@@H](C)/C(=N\OCCCC2CCCCC2)[C@H](C)[C@@H](O)[C@]1(C)O. The summed E-state index contributed by atoms with van der Waals surface area (Å²) < 4.78 is 57.8. The van der Waals surface area contributed by atoms with Gasteiger partial charge in [-0.3, -0.25) is 14.4 Å². The summed E-state index contributed by atoms with van der Waals surface area (Å²) in [5.74, 6) is -4.02. The van der Waals surface area contributed by atoms with Gasteiger partial charge in [-0.15, -0.1) is 0 Å². The summed E-state index contributed by atoms with van der Waals surface area (Å²) in [5.41, 5.74) is -3.73. The molecule has 4 aliphatic rings. The fraction of sp³-hybridized carbons (Fsp3) is 0.922. The van der Waals surface area contributed by atoms with Crippen molar-refractivity contribution >= 4 is 23.6 Å². The quantitative estimate of drug-likeness (QED) is 0.0756. The summed E-state index contributed by atoms with van der Waals surface area (Å²) in [7, 11) is 6.95. The van der Waals surface area contributed by atoms with Crippen LogP contribution in [0.15, 0.2) is 5.16 Å². The third kappa shape index (κ3) is 14.4. The summed E-state index contributed by atoms with van der Waals surface area (Å²) in [6, 6.07) is -0.278. The Morgan fingerprint density at radius 2 is 1.46 bits per heavy atom. The van der Waals surface area contributed by atoms with Crippen molar-refractivity contribution in [2.75, 3.05) is 34.9 Å². The maximum absolute atomic E-state index is 14.7. The lowest BCUT2D eigenvalue weighted by atomic mass is 9.73. The highest BCUT2D eigenvalue weighted by molar-refractivity contribution is 5.88. The summed E-state index contributed by atoms with van der Waals surface area (Å²) >= 11 is 0. The molecule has 0 spiro atoms. The zero-order chi connectivity index (χ0) is 50.9. The average molecular weight is 971 g/mol. The van der Waals surface area contributed by atoms with E-state index in [1.807, 2.05) is 53.6 Å². The maximum atomic E-state index is 14.7. The van der Waals surface area contributed by atoms with E-state index in [9.17, 15) is 24.6 Å². The van der Waals surface area contributed by atoms with Crippen molar-refractivity contribution in [2.24, 2.45) is 34.7 Å². The molecule has 4 fully saturated rings. The number of methoxy groups -OCH3 is 2. The van der Waals surface area contributed by atoms with Gasteiger partial charge in [0, 0.05) is 52.2 Å².